The second kappa shape index (κ2) is 9.10. The fourth-order valence-electron chi connectivity index (χ4n) is 1.67. The fraction of sp³-hybridized carbons (Fsp3) is 0.250. The van der Waals surface area contributed by atoms with Crippen LogP contribution in [0.15, 0.2) is 29.5 Å². The molecule has 0 aliphatic carbocycles. The minimum atomic E-state index is -0.319. The lowest BCUT2D eigenvalue weighted by Gasteiger charge is -2.10. The Morgan fingerprint density at radius 1 is 1.17 bits per heavy atom. The van der Waals surface area contributed by atoms with Crippen molar-refractivity contribution >= 4 is 28.9 Å². The van der Waals surface area contributed by atoms with Gasteiger partial charge in [0.2, 0.25) is 5.91 Å². The average Bonchev–Trinajstić information content (AvgIpc) is 2.55. The van der Waals surface area contributed by atoms with Gasteiger partial charge >= 0.3 is 0 Å². The van der Waals surface area contributed by atoms with Gasteiger partial charge in [-0.15, -0.1) is 0 Å². The standard InChI is InChI=1S/C16H14ClN5O/c1-2-3-4-16(23)22-14-6-5-12(7-13(14)17)21-15(10-20)11(8-18)9-19/h5-7,21H,2-4H2,1H3,(H,22,23). The van der Waals surface area contributed by atoms with Crippen molar-refractivity contribution in [2.24, 2.45) is 0 Å². The SMILES string of the molecule is CCCCC(=O)Nc1ccc(NC(C#N)=C(C#N)C#N)cc1Cl. The molecule has 0 bridgehead atoms. The number of rotatable bonds is 6. The van der Waals surface area contributed by atoms with Gasteiger partial charge in [0.05, 0.1) is 10.7 Å². The van der Waals surface area contributed by atoms with Gasteiger partial charge < -0.3 is 10.6 Å². The van der Waals surface area contributed by atoms with Crippen molar-refractivity contribution in [2.45, 2.75) is 26.2 Å². The molecule has 0 unspecified atom stereocenters. The summed E-state index contributed by atoms with van der Waals surface area (Å²) in [5.41, 5.74) is 0.411. The summed E-state index contributed by atoms with van der Waals surface area (Å²) in [4.78, 5) is 11.7. The van der Waals surface area contributed by atoms with E-state index in [1.807, 2.05) is 6.92 Å². The highest BCUT2D eigenvalue weighted by atomic mass is 35.5. The Balaban J connectivity index is 2.91. The lowest BCUT2D eigenvalue weighted by atomic mass is 10.2. The predicted molar refractivity (Wildman–Crippen MR) is 87.1 cm³/mol. The zero-order valence-corrected chi connectivity index (χ0v) is 13.2. The zero-order chi connectivity index (χ0) is 17.2. The molecule has 0 radical (unpaired) electrons. The molecular formula is C16H14ClN5O. The Kier molecular flexibility index (Phi) is 7.14. The van der Waals surface area contributed by atoms with Crippen LogP contribution in [-0.2, 0) is 4.79 Å². The molecule has 0 spiro atoms. The smallest absolute Gasteiger partial charge is 0.224 e. The van der Waals surface area contributed by atoms with E-state index >= 15 is 0 Å². The Labute approximate surface area is 139 Å². The number of hydrogen-bond acceptors (Lipinski definition) is 5. The van der Waals surface area contributed by atoms with Crippen LogP contribution >= 0.6 is 11.6 Å². The quantitative estimate of drug-likeness (QED) is 0.773. The van der Waals surface area contributed by atoms with E-state index in [0.717, 1.165) is 12.8 Å². The average molecular weight is 328 g/mol. The van der Waals surface area contributed by atoms with Crippen molar-refractivity contribution in [3.63, 3.8) is 0 Å². The summed E-state index contributed by atoms with van der Waals surface area (Å²) in [6.45, 7) is 2.00. The maximum absolute atomic E-state index is 11.7. The van der Waals surface area contributed by atoms with Gasteiger partial charge in [-0.1, -0.05) is 24.9 Å². The van der Waals surface area contributed by atoms with Crippen molar-refractivity contribution in [1.82, 2.24) is 0 Å². The zero-order valence-electron chi connectivity index (χ0n) is 12.5. The van der Waals surface area contributed by atoms with Crippen molar-refractivity contribution in [1.29, 1.82) is 15.8 Å². The van der Waals surface area contributed by atoms with Crippen LogP contribution in [0.3, 0.4) is 0 Å². The number of halogens is 1. The first kappa shape index (κ1) is 18.0. The Morgan fingerprint density at radius 3 is 2.39 bits per heavy atom. The molecule has 1 aromatic rings. The van der Waals surface area contributed by atoms with Crippen molar-refractivity contribution < 1.29 is 4.79 Å². The summed E-state index contributed by atoms with van der Waals surface area (Å²) < 4.78 is 0. The number of nitrogens with one attached hydrogen (secondary N) is 2. The molecule has 0 fully saturated rings. The Morgan fingerprint density at radius 2 is 1.87 bits per heavy atom. The lowest BCUT2D eigenvalue weighted by molar-refractivity contribution is -0.116. The van der Waals surface area contributed by atoms with Gasteiger partial charge in [-0.3, -0.25) is 4.79 Å². The summed E-state index contributed by atoms with van der Waals surface area (Å²) >= 11 is 6.10. The van der Waals surface area contributed by atoms with E-state index in [9.17, 15) is 4.79 Å². The van der Waals surface area contributed by atoms with Crippen LogP contribution in [0.4, 0.5) is 11.4 Å². The minimum Gasteiger partial charge on any atom is -0.345 e. The summed E-state index contributed by atoms with van der Waals surface area (Å²) in [5, 5.41) is 32.2. The number of unbranched alkanes of at least 4 members (excludes halogenated alkanes) is 1. The van der Waals surface area contributed by atoms with Crippen LogP contribution in [0.2, 0.25) is 5.02 Å². The lowest BCUT2D eigenvalue weighted by Crippen LogP contribution is -2.11. The van der Waals surface area contributed by atoms with Gasteiger partial charge in [0, 0.05) is 12.1 Å². The van der Waals surface area contributed by atoms with E-state index in [-0.39, 0.29) is 22.2 Å². The Hall–Kier alpha value is -3.01. The molecule has 0 aliphatic heterocycles. The van der Waals surface area contributed by atoms with Crippen LogP contribution in [-0.4, -0.2) is 5.91 Å². The van der Waals surface area contributed by atoms with Crippen LogP contribution in [0.25, 0.3) is 0 Å². The first-order chi connectivity index (χ1) is 11.0. The summed E-state index contributed by atoms with van der Waals surface area (Å²) in [5.74, 6) is -0.122. The van der Waals surface area contributed by atoms with Gasteiger partial charge in [0.15, 0.2) is 5.57 Å². The molecule has 7 heteroatoms. The third-order valence-corrected chi connectivity index (χ3v) is 3.17. The molecule has 23 heavy (non-hydrogen) atoms. The highest BCUT2D eigenvalue weighted by Crippen LogP contribution is 2.26. The van der Waals surface area contributed by atoms with Crippen molar-refractivity contribution in [3.05, 3.63) is 34.5 Å². The van der Waals surface area contributed by atoms with E-state index in [0.29, 0.717) is 17.8 Å². The van der Waals surface area contributed by atoms with Gasteiger partial charge in [-0.2, -0.15) is 15.8 Å². The molecule has 0 saturated carbocycles. The number of benzene rings is 1. The van der Waals surface area contributed by atoms with E-state index in [1.54, 1.807) is 30.3 Å². The van der Waals surface area contributed by atoms with E-state index in [2.05, 4.69) is 10.6 Å². The largest absolute Gasteiger partial charge is 0.345 e. The minimum absolute atomic E-state index is 0.122. The normalized spacial score (nSPS) is 9.00. The van der Waals surface area contributed by atoms with Crippen molar-refractivity contribution in [2.75, 3.05) is 10.6 Å². The summed E-state index contributed by atoms with van der Waals surface area (Å²) in [6.07, 6.45) is 2.14. The number of carbonyl (C=O) groups is 1. The third-order valence-electron chi connectivity index (χ3n) is 2.86. The molecule has 116 valence electrons. The maximum Gasteiger partial charge on any atom is 0.224 e. The molecule has 1 rings (SSSR count). The second-order valence-corrected chi connectivity index (χ2v) is 4.96. The Bertz CT molecular complexity index is 733. The molecule has 1 amide bonds. The van der Waals surface area contributed by atoms with E-state index < -0.39 is 0 Å². The molecule has 1 aromatic carbocycles. The monoisotopic (exact) mass is 327 g/mol. The number of amides is 1. The van der Waals surface area contributed by atoms with Crippen molar-refractivity contribution in [3.8, 4) is 18.2 Å². The van der Waals surface area contributed by atoms with E-state index in [4.69, 9.17) is 27.4 Å². The van der Waals surface area contributed by atoms with Crippen LogP contribution < -0.4 is 10.6 Å². The highest BCUT2D eigenvalue weighted by Gasteiger charge is 2.09. The van der Waals surface area contributed by atoms with Crippen LogP contribution in [0.5, 0.6) is 0 Å². The molecule has 0 heterocycles. The van der Waals surface area contributed by atoms with Gasteiger partial charge in [0.25, 0.3) is 0 Å². The van der Waals surface area contributed by atoms with Gasteiger partial charge in [-0.05, 0) is 24.6 Å². The predicted octanol–water partition coefficient (Wildman–Crippen LogP) is 3.71. The first-order valence-electron chi connectivity index (χ1n) is 6.86. The van der Waals surface area contributed by atoms with E-state index in [1.165, 1.54) is 6.07 Å². The molecule has 0 atom stereocenters. The number of nitrogens with zero attached hydrogens (tertiary/aromatic N) is 3. The van der Waals surface area contributed by atoms with Crippen LogP contribution in [0, 0.1) is 34.0 Å². The highest BCUT2D eigenvalue weighted by molar-refractivity contribution is 6.34. The summed E-state index contributed by atoms with van der Waals surface area (Å²) in [6, 6.07) is 9.70. The first-order valence-corrected chi connectivity index (χ1v) is 7.24. The third kappa shape index (κ3) is 5.36. The molecule has 2 N–H and O–H groups in total. The fourth-order valence-corrected chi connectivity index (χ4v) is 1.90. The summed E-state index contributed by atoms with van der Waals surface area (Å²) in [7, 11) is 0. The second-order valence-electron chi connectivity index (χ2n) is 4.56. The molecule has 0 aromatic heterocycles. The number of anilines is 2. The molecule has 0 aliphatic rings. The van der Waals surface area contributed by atoms with Crippen LogP contribution in [0.1, 0.15) is 26.2 Å². The number of carbonyl (C=O) groups excluding carboxylic acids is 1. The number of allylic oxidation sites excluding steroid dienone is 2. The maximum atomic E-state index is 11.7. The molecule has 6 nitrogen and oxygen atoms in total. The topological polar surface area (TPSA) is 112 Å². The number of hydrogen-bond donors (Lipinski definition) is 2. The number of nitriles is 3. The molecular weight excluding hydrogens is 314 g/mol. The molecule has 0 saturated heterocycles. The van der Waals surface area contributed by atoms with Gasteiger partial charge in [0.1, 0.15) is 23.9 Å². The van der Waals surface area contributed by atoms with Gasteiger partial charge in [-0.25, -0.2) is 0 Å².